The summed E-state index contributed by atoms with van der Waals surface area (Å²) in [7, 11) is 0. The number of hydrogen-bond donors (Lipinski definition) is 4. The van der Waals surface area contributed by atoms with Crippen LogP contribution in [0.15, 0.2) is 12.7 Å². The van der Waals surface area contributed by atoms with Gasteiger partial charge in [0.05, 0.1) is 18.8 Å². The third-order valence-corrected chi connectivity index (χ3v) is 4.78. The molecule has 0 amide bonds. The molecular formula is C14H21N5O4S. The maximum Gasteiger partial charge on any atom is 0.167 e. The van der Waals surface area contributed by atoms with Crippen LogP contribution in [0, 0.1) is 0 Å². The van der Waals surface area contributed by atoms with E-state index >= 15 is 0 Å². The maximum atomic E-state index is 10.2. The third kappa shape index (κ3) is 3.20. The van der Waals surface area contributed by atoms with Crippen molar-refractivity contribution < 1.29 is 20.1 Å². The molecule has 132 valence electrons. The summed E-state index contributed by atoms with van der Waals surface area (Å²) in [5.74, 6) is 1.28. The molecule has 0 aliphatic carbocycles. The van der Waals surface area contributed by atoms with Gasteiger partial charge in [-0.3, -0.25) is 4.57 Å². The van der Waals surface area contributed by atoms with Crippen molar-refractivity contribution in [3.63, 3.8) is 0 Å². The second-order valence-corrected chi connectivity index (χ2v) is 7.38. The fraction of sp³-hybridized carbons (Fsp3) is 0.643. The van der Waals surface area contributed by atoms with E-state index in [9.17, 15) is 15.3 Å². The largest absolute Gasteiger partial charge is 0.394 e. The number of fused-ring (bicyclic) bond motifs is 1. The fourth-order valence-electron chi connectivity index (χ4n) is 2.55. The minimum atomic E-state index is -1.18. The molecule has 24 heavy (non-hydrogen) atoms. The van der Waals surface area contributed by atoms with Crippen molar-refractivity contribution in [2.24, 2.45) is 0 Å². The molecule has 2 aromatic rings. The van der Waals surface area contributed by atoms with Crippen LogP contribution in [0.3, 0.4) is 0 Å². The zero-order valence-electron chi connectivity index (χ0n) is 13.4. The Morgan fingerprint density at radius 3 is 2.75 bits per heavy atom. The topological polar surface area (TPSA) is 126 Å². The van der Waals surface area contributed by atoms with Crippen molar-refractivity contribution in [3.05, 3.63) is 12.7 Å². The first-order chi connectivity index (χ1) is 11.5. The zero-order chi connectivity index (χ0) is 17.3. The van der Waals surface area contributed by atoms with Crippen LogP contribution in [0.2, 0.25) is 0 Å². The van der Waals surface area contributed by atoms with Gasteiger partial charge in [-0.25, -0.2) is 15.0 Å². The summed E-state index contributed by atoms with van der Waals surface area (Å²) in [6, 6.07) is 0. The van der Waals surface area contributed by atoms with Gasteiger partial charge in [0.2, 0.25) is 0 Å². The molecule has 0 spiro atoms. The number of imidazole rings is 1. The molecule has 2 aromatic heterocycles. The Bertz CT molecular complexity index is 697. The molecule has 4 unspecified atom stereocenters. The van der Waals surface area contributed by atoms with E-state index in [1.54, 1.807) is 16.3 Å². The van der Waals surface area contributed by atoms with Crippen LogP contribution in [-0.4, -0.2) is 70.9 Å². The number of nitrogens with zero attached hydrogens (tertiary/aromatic N) is 4. The average molecular weight is 355 g/mol. The SMILES string of the molecule is CC(C)SCNc1ncnc2c1ncn2C1OC(CO)C(O)C1O. The summed E-state index contributed by atoms with van der Waals surface area (Å²) < 4.78 is 7.07. The molecule has 1 saturated heterocycles. The predicted octanol–water partition coefficient (Wildman–Crippen LogP) is -0.0512. The lowest BCUT2D eigenvalue weighted by Gasteiger charge is -2.16. The number of aromatic nitrogens is 4. The Labute approximate surface area is 143 Å². The van der Waals surface area contributed by atoms with Gasteiger partial charge < -0.3 is 25.4 Å². The first kappa shape index (κ1) is 17.4. The van der Waals surface area contributed by atoms with E-state index in [1.165, 1.54) is 12.7 Å². The highest BCUT2D eigenvalue weighted by molar-refractivity contribution is 7.99. The lowest BCUT2D eigenvalue weighted by Crippen LogP contribution is -2.33. The number of aliphatic hydroxyl groups is 3. The van der Waals surface area contributed by atoms with Gasteiger partial charge in [0, 0.05) is 5.25 Å². The van der Waals surface area contributed by atoms with E-state index in [1.807, 2.05) is 0 Å². The molecule has 4 atom stereocenters. The molecule has 1 aliphatic heterocycles. The average Bonchev–Trinajstić information content (AvgIpc) is 3.10. The maximum absolute atomic E-state index is 10.2. The van der Waals surface area contributed by atoms with E-state index in [0.717, 1.165) is 0 Å². The number of hydrogen-bond acceptors (Lipinski definition) is 9. The van der Waals surface area contributed by atoms with E-state index < -0.39 is 24.5 Å². The first-order valence-corrected chi connectivity index (χ1v) is 8.73. The Kier molecular flexibility index (Phi) is 5.21. The summed E-state index contributed by atoms with van der Waals surface area (Å²) in [6.45, 7) is 3.84. The normalized spacial score (nSPS) is 27.2. The number of rotatable bonds is 6. The van der Waals surface area contributed by atoms with Gasteiger partial charge >= 0.3 is 0 Å². The molecular weight excluding hydrogens is 334 g/mol. The number of nitrogens with one attached hydrogen (secondary N) is 1. The Morgan fingerprint density at radius 2 is 2.08 bits per heavy atom. The highest BCUT2D eigenvalue weighted by Crippen LogP contribution is 2.32. The van der Waals surface area contributed by atoms with Crippen LogP contribution in [0.5, 0.6) is 0 Å². The van der Waals surface area contributed by atoms with Gasteiger partial charge in [-0.15, -0.1) is 11.8 Å². The standard InChI is InChI=1S/C14H21N5O4S/c1-7(2)24-6-18-12-9-13(16-4-15-12)19(5-17-9)14-11(22)10(21)8(3-20)23-14/h4-5,7-8,10-11,14,20-22H,3,6H2,1-2H3,(H,15,16,18). The van der Waals surface area contributed by atoms with Crippen LogP contribution in [0.4, 0.5) is 5.82 Å². The third-order valence-electron chi connectivity index (χ3n) is 3.81. The number of anilines is 1. The zero-order valence-corrected chi connectivity index (χ0v) is 14.2. The van der Waals surface area contributed by atoms with Crippen molar-refractivity contribution >= 4 is 28.7 Å². The first-order valence-electron chi connectivity index (χ1n) is 7.68. The molecule has 10 heteroatoms. The molecule has 0 saturated carbocycles. The predicted molar refractivity (Wildman–Crippen MR) is 89.5 cm³/mol. The van der Waals surface area contributed by atoms with E-state index in [2.05, 4.69) is 34.1 Å². The van der Waals surface area contributed by atoms with Gasteiger partial charge in [-0.1, -0.05) is 13.8 Å². The van der Waals surface area contributed by atoms with Crippen molar-refractivity contribution in [1.29, 1.82) is 0 Å². The Balaban J connectivity index is 1.86. The van der Waals surface area contributed by atoms with E-state index in [4.69, 9.17) is 4.74 Å². The summed E-state index contributed by atoms with van der Waals surface area (Å²) in [5.41, 5.74) is 1.04. The highest BCUT2D eigenvalue weighted by Gasteiger charge is 2.44. The van der Waals surface area contributed by atoms with Gasteiger partial charge in [-0.2, -0.15) is 0 Å². The number of thioether (sulfide) groups is 1. The van der Waals surface area contributed by atoms with Gasteiger partial charge in [0.1, 0.15) is 24.6 Å². The van der Waals surface area contributed by atoms with Gasteiger partial charge in [-0.05, 0) is 0 Å². The van der Waals surface area contributed by atoms with Crippen molar-refractivity contribution in [2.45, 2.75) is 43.6 Å². The Hall–Kier alpha value is -1.46. The van der Waals surface area contributed by atoms with Crippen LogP contribution >= 0.6 is 11.8 Å². The van der Waals surface area contributed by atoms with Crippen molar-refractivity contribution in [2.75, 3.05) is 17.8 Å². The minimum absolute atomic E-state index is 0.379. The molecule has 1 fully saturated rings. The lowest BCUT2D eigenvalue weighted by molar-refractivity contribution is -0.0511. The van der Waals surface area contributed by atoms with Crippen molar-refractivity contribution in [3.8, 4) is 0 Å². The molecule has 3 rings (SSSR count). The van der Waals surface area contributed by atoms with Crippen LogP contribution < -0.4 is 5.32 Å². The Morgan fingerprint density at radius 1 is 1.29 bits per heavy atom. The monoisotopic (exact) mass is 355 g/mol. The molecule has 1 aliphatic rings. The lowest BCUT2D eigenvalue weighted by atomic mass is 10.1. The summed E-state index contributed by atoms with van der Waals surface area (Å²) in [5, 5.41) is 33.0. The van der Waals surface area contributed by atoms with E-state index in [0.29, 0.717) is 28.1 Å². The number of aliphatic hydroxyl groups excluding tert-OH is 3. The highest BCUT2D eigenvalue weighted by atomic mass is 32.2. The minimum Gasteiger partial charge on any atom is -0.394 e. The van der Waals surface area contributed by atoms with Gasteiger partial charge in [0.15, 0.2) is 23.2 Å². The molecule has 4 N–H and O–H groups in total. The second kappa shape index (κ2) is 7.19. The van der Waals surface area contributed by atoms with E-state index in [-0.39, 0.29) is 6.61 Å². The summed E-state index contributed by atoms with van der Waals surface area (Å²) in [6.07, 6.45) is -1.16. The van der Waals surface area contributed by atoms with Crippen LogP contribution in [-0.2, 0) is 4.74 Å². The quantitative estimate of drug-likeness (QED) is 0.528. The molecule has 3 heterocycles. The van der Waals surface area contributed by atoms with Crippen LogP contribution in [0.25, 0.3) is 11.2 Å². The summed E-state index contributed by atoms with van der Waals surface area (Å²) >= 11 is 1.74. The van der Waals surface area contributed by atoms with Crippen molar-refractivity contribution in [1.82, 2.24) is 19.5 Å². The second-order valence-electron chi connectivity index (χ2n) is 5.81. The molecule has 0 aromatic carbocycles. The molecule has 0 bridgehead atoms. The van der Waals surface area contributed by atoms with Gasteiger partial charge in [0.25, 0.3) is 0 Å². The van der Waals surface area contributed by atoms with Crippen LogP contribution in [0.1, 0.15) is 20.1 Å². The fourth-order valence-corrected chi connectivity index (χ4v) is 3.11. The smallest absolute Gasteiger partial charge is 0.167 e. The number of ether oxygens (including phenoxy) is 1. The molecule has 0 radical (unpaired) electrons. The molecule has 9 nitrogen and oxygen atoms in total. The summed E-state index contributed by atoms with van der Waals surface area (Å²) in [4.78, 5) is 12.7.